The molecule has 0 aliphatic heterocycles. The summed E-state index contributed by atoms with van der Waals surface area (Å²) >= 11 is 5.79. The highest BCUT2D eigenvalue weighted by Gasteiger charge is 2.41. The van der Waals surface area contributed by atoms with E-state index in [1.165, 1.54) is 6.04 Å². The van der Waals surface area contributed by atoms with Crippen molar-refractivity contribution >= 4 is 20.2 Å². The number of halogens is 1. The molecule has 0 bridgehead atoms. The topological polar surface area (TPSA) is 9.72 Å². The first-order valence-corrected chi connectivity index (χ1v) is 7.56. The van der Waals surface area contributed by atoms with Crippen LogP contribution in [0.2, 0.25) is 6.04 Å². The summed E-state index contributed by atoms with van der Waals surface area (Å²) in [4.78, 5) is 0. The highest BCUT2D eigenvalue weighted by Crippen LogP contribution is 2.20. The predicted molar refractivity (Wildman–Crippen MR) is 67.0 cm³/mol. The molecule has 0 aromatic carbocycles. The SMILES string of the molecule is CN(C)[Si](CCCCl)(N(C)C)N(C)C. The van der Waals surface area contributed by atoms with Crippen LogP contribution in [0.15, 0.2) is 0 Å². The molecule has 0 radical (unpaired) electrons. The molecule has 0 fully saturated rings. The third kappa shape index (κ3) is 2.94. The lowest BCUT2D eigenvalue weighted by Crippen LogP contribution is -2.69. The van der Waals surface area contributed by atoms with Gasteiger partial charge in [0, 0.05) is 5.88 Å². The van der Waals surface area contributed by atoms with Crippen molar-refractivity contribution in [2.75, 3.05) is 48.2 Å². The van der Waals surface area contributed by atoms with Crippen molar-refractivity contribution in [2.45, 2.75) is 12.5 Å². The molecule has 0 unspecified atom stereocenters. The van der Waals surface area contributed by atoms with E-state index in [-0.39, 0.29) is 0 Å². The third-order valence-electron chi connectivity index (χ3n) is 2.79. The van der Waals surface area contributed by atoms with E-state index < -0.39 is 8.56 Å². The van der Waals surface area contributed by atoms with Crippen LogP contribution < -0.4 is 0 Å². The second-order valence-corrected chi connectivity index (χ2v) is 9.36. The number of nitrogens with zero attached hydrogens (tertiary/aromatic N) is 3. The van der Waals surface area contributed by atoms with Crippen LogP contribution in [-0.4, -0.2) is 70.4 Å². The Bertz CT molecular complexity index is 140. The van der Waals surface area contributed by atoms with E-state index in [1.54, 1.807) is 0 Å². The van der Waals surface area contributed by atoms with E-state index in [0.29, 0.717) is 0 Å². The van der Waals surface area contributed by atoms with Crippen LogP contribution in [0.4, 0.5) is 0 Å². The molecule has 14 heavy (non-hydrogen) atoms. The maximum absolute atomic E-state index is 5.79. The van der Waals surface area contributed by atoms with Gasteiger partial charge in [0.2, 0.25) is 0 Å². The van der Waals surface area contributed by atoms with Gasteiger partial charge in [-0.25, -0.2) is 0 Å². The molecular weight excluding hydrogens is 214 g/mol. The first kappa shape index (κ1) is 14.4. The van der Waals surface area contributed by atoms with Gasteiger partial charge in [-0.3, -0.25) is 0 Å². The molecule has 0 saturated heterocycles. The van der Waals surface area contributed by atoms with Crippen molar-refractivity contribution in [1.82, 2.24) is 13.7 Å². The van der Waals surface area contributed by atoms with Crippen molar-refractivity contribution < 1.29 is 0 Å². The van der Waals surface area contributed by atoms with E-state index >= 15 is 0 Å². The average Bonchev–Trinajstić information content (AvgIpc) is 2.03. The summed E-state index contributed by atoms with van der Waals surface area (Å²) < 4.78 is 7.12. The van der Waals surface area contributed by atoms with Crippen LogP contribution >= 0.6 is 11.6 Å². The van der Waals surface area contributed by atoms with Crippen molar-refractivity contribution in [3.8, 4) is 0 Å². The molecule has 5 heteroatoms. The second-order valence-electron chi connectivity index (χ2n) is 4.25. The molecule has 0 aromatic rings. The van der Waals surface area contributed by atoms with Gasteiger partial charge < -0.3 is 13.7 Å². The lowest BCUT2D eigenvalue weighted by molar-refractivity contribution is 0.375. The van der Waals surface area contributed by atoms with Gasteiger partial charge in [-0.1, -0.05) is 0 Å². The van der Waals surface area contributed by atoms with Crippen LogP contribution in [-0.2, 0) is 0 Å². The van der Waals surface area contributed by atoms with Crippen LogP contribution in [0.3, 0.4) is 0 Å². The zero-order valence-electron chi connectivity index (χ0n) is 10.3. The Hall–Kier alpha value is 0.387. The fourth-order valence-electron chi connectivity index (χ4n) is 2.17. The van der Waals surface area contributed by atoms with Crippen LogP contribution in [0.5, 0.6) is 0 Å². The van der Waals surface area contributed by atoms with E-state index in [1.807, 2.05) is 0 Å². The van der Waals surface area contributed by atoms with E-state index in [9.17, 15) is 0 Å². The van der Waals surface area contributed by atoms with Gasteiger partial charge in [-0.05, 0) is 54.8 Å². The van der Waals surface area contributed by atoms with Gasteiger partial charge in [0.25, 0.3) is 8.56 Å². The standard InChI is InChI=1S/C9H24ClN3Si/c1-11(2)14(12(3)4,13(5)6)9-7-8-10/h7-9H2,1-6H3. The number of hydrogen-bond acceptors (Lipinski definition) is 3. The van der Waals surface area contributed by atoms with Gasteiger partial charge in [-0.2, -0.15) is 0 Å². The largest absolute Gasteiger partial charge is 0.305 e. The normalized spacial score (nSPS) is 13.3. The van der Waals surface area contributed by atoms with E-state index in [4.69, 9.17) is 11.6 Å². The molecular formula is C9H24ClN3Si. The summed E-state index contributed by atoms with van der Waals surface area (Å²) in [5.41, 5.74) is 0. The number of alkyl halides is 1. The van der Waals surface area contributed by atoms with Gasteiger partial charge in [0.15, 0.2) is 0 Å². The zero-order chi connectivity index (χ0) is 11.4. The maximum Gasteiger partial charge on any atom is 0.288 e. The van der Waals surface area contributed by atoms with Crippen molar-refractivity contribution in [3.05, 3.63) is 0 Å². The molecule has 0 aliphatic rings. The fraction of sp³-hybridized carbons (Fsp3) is 1.00. The lowest BCUT2D eigenvalue weighted by atomic mass is 10.6. The fourth-order valence-corrected chi connectivity index (χ4v) is 6.93. The average molecular weight is 238 g/mol. The summed E-state index contributed by atoms with van der Waals surface area (Å²) in [7, 11) is 11.4. The minimum atomic E-state index is -1.63. The molecule has 0 aliphatic carbocycles. The highest BCUT2D eigenvalue weighted by atomic mass is 35.5. The second kappa shape index (κ2) is 6.08. The van der Waals surface area contributed by atoms with Crippen molar-refractivity contribution in [1.29, 1.82) is 0 Å². The highest BCUT2D eigenvalue weighted by molar-refractivity contribution is 6.71. The van der Waals surface area contributed by atoms with Crippen molar-refractivity contribution in [3.63, 3.8) is 0 Å². The smallest absolute Gasteiger partial charge is 0.288 e. The van der Waals surface area contributed by atoms with Gasteiger partial charge in [-0.15, -0.1) is 11.6 Å². The molecule has 86 valence electrons. The predicted octanol–water partition coefficient (Wildman–Crippen LogP) is 1.24. The Morgan fingerprint density at radius 3 is 1.43 bits per heavy atom. The molecule has 0 atom stereocenters. The molecule has 0 amide bonds. The molecule has 0 rings (SSSR count). The molecule has 3 nitrogen and oxygen atoms in total. The summed E-state index contributed by atoms with van der Waals surface area (Å²) in [6, 6.07) is 1.18. The van der Waals surface area contributed by atoms with E-state index in [2.05, 4.69) is 56.0 Å². The van der Waals surface area contributed by atoms with Crippen LogP contribution in [0.25, 0.3) is 0 Å². The minimum Gasteiger partial charge on any atom is -0.305 e. The summed E-state index contributed by atoms with van der Waals surface area (Å²) in [5, 5.41) is 0. The molecule has 0 spiro atoms. The van der Waals surface area contributed by atoms with Gasteiger partial charge >= 0.3 is 0 Å². The summed E-state index contributed by atoms with van der Waals surface area (Å²) in [6.45, 7) is 0. The van der Waals surface area contributed by atoms with Crippen LogP contribution in [0, 0.1) is 0 Å². The van der Waals surface area contributed by atoms with Gasteiger partial charge in [0.05, 0.1) is 0 Å². The molecule has 0 N–H and O–H groups in total. The molecule has 0 heterocycles. The van der Waals surface area contributed by atoms with Crippen molar-refractivity contribution in [2.24, 2.45) is 0 Å². The number of rotatable bonds is 6. The quantitative estimate of drug-likeness (QED) is 0.509. The Kier molecular flexibility index (Phi) is 6.24. The van der Waals surface area contributed by atoms with Crippen LogP contribution in [0.1, 0.15) is 6.42 Å². The Morgan fingerprint density at radius 1 is 0.857 bits per heavy atom. The lowest BCUT2D eigenvalue weighted by Gasteiger charge is -2.46. The minimum absolute atomic E-state index is 0.754. The van der Waals surface area contributed by atoms with E-state index in [0.717, 1.165) is 12.3 Å². The first-order chi connectivity index (χ1) is 6.39. The summed E-state index contributed by atoms with van der Waals surface area (Å²) in [6.07, 6.45) is 1.09. The maximum atomic E-state index is 5.79. The first-order valence-electron chi connectivity index (χ1n) is 4.97. The third-order valence-corrected chi connectivity index (χ3v) is 8.38. The summed E-state index contributed by atoms with van der Waals surface area (Å²) in [5.74, 6) is 0.754. The van der Waals surface area contributed by atoms with Gasteiger partial charge in [0.1, 0.15) is 0 Å². The zero-order valence-corrected chi connectivity index (χ0v) is 12.1. The number of hydrogen-bond donors (Lipinski definition) is 0. The monoisotopic (exact) mass is 237 g/mol. The molecule has 0 saturated carbocycles. The Labute approximate surface area is 94.9 Å². The molecule has 0 aromatic heterocycles. The Morgan fingerprint density at radius 2 is 1.21 bits per heavy atom. The Balaban J connectivity index is 4.76.